The topological polar surface area (TPSA) is 88.2 Å². The van der Waals surface area contributed by atoms with Crippen LogP contribution in [-0.4, -0.2) is 64.9 Å². The Labute approximate surface area is 220 Å². The number of imide groups is 1. The molecule has 37 heavy (non-hydrogen) atoms. The first-order valence-corrected chi connectivity index (χ1v) is 13.4. The SMILES string of the molecule is O=C1CCC(N2Cc3cc(O[C@H]4CCCC[C@H]4N4CC(Oc5ccccc5Cl)C4)ccc3C2=O)C(=O)N1. The summed E-state index contributed by atoms with van der Waals surface area (Å²) < 4.78 is 12.6. The molecule has 1 aliphatic carbocycles. The molecule has 0 bridgehead atoms. The second-order valence-electron chi connectivity index (χ2n) is 10.4. The molecule has 6 rings (SSSR count). The van der Waals surface area contributed by atoms with Gasteiger partial charge in [0, 0.05) is 37.7 Å². The quantitative estimate of drug-likeness (QED) is 0.583. The zero-order valence-electron chi connectivity index (χ0n) is 20.5. The van der Waals surface area contributed by atoms with Gasteiger partial charge in [-0.2, -0.15) is 0 Å². The van der Waals surface area contributed by atoms with Crippen molar-refractivity contribution in [3.8, 4) is 11.5 Å². The number of carbonyl (C=O) groups excluding carboxylic acids is 3. The number of rotatable bonds is 6. The van der Waals surface area contributed by atoms with Crippen LogP contribution in [-0.2, 0) is 16.1 Å². The minimum atomic E-state index is -0.614. The monoisotopic (exact) mass is 523 g/mol. The Bertz CT molecular complexity index is 1230. The lowest BCUT2D eigenvalue weighted by Gasteiger charge is -2.47. The highest BCUT2D eigenvalue weighted by molar-refractivity contribution is 6.32. The molecule has 3 fully saturated rings. The number of halogens is 1. The van der Waals surface area contributed by atoms with Crippen LogP contribution in [0.5, 0.6) is 11.5 Å². The van der Waals surface area contributed by atoms with E-state index in [2.05, 4.69) is 10.2 Å². The molecule has 2 aromatic rings. The lowest BCUT2D eigenvalue weighted by atomic mass is 9.89. The first kappa shape index (κ1) is 24.2. The molecule has 8 nitrogen and oxygen atoms in total. The van der Waals surface area contributed by atoms with Crippen molar-refractivity contribution in [3.63, 3.8) is 0 Å². The highest BCUT2D eigenvalue weighted by Crippen LogP contribution is 2.35. The Morgan fingerprint density at radius 3 is 2.57 bits per heavy atom. The number of hydrogen-bond acceptors (Lipinski definition) is 6. The molecule has 3 aliphatic heterocycles. The van der Waals surface area contributed by atoms with Crippen LogP contribution in [0.2, 0.25) is 5.02 Å². The summed E-state index contributed by atoms with van der Waals surface area (Å²) in [4.78, 5) is 40.8. The molecule has 3 amide bonds. The fourth-order valence-corrected chi connectivity index (χ4v) is 6.15. The summed E-state index contributed by atoms with van der Waals surface area (Å²) in [5.41, 5.74) is 1.45. The molecule has 0 spiro atoms. The average molecular weight is 524 g/mol. The molecule has 1 N–H and O–H groups in total. The van der Waals surface area contributed by atoms with Crippen LogP contribution in [0, 0.1) is 0 Å². The van der Waals surface area contributed by atoms with Crippen LogP contribution in [0.4, 0.5) is 0 Å². The van der Waals surface area contributed by atoms with E-state index in [4.69, 9.17) is 21.1 Å². The first-order valence-electron chi connectivity index (χ1n) is 13.1. The number of nitrogens with zero attached hydrogens (tertiary/aromatic N) is 2. The zero-order chi connectivity index (χ0) is 25.5. The van der Waals surface area contributed by atoms with Gasteiger partial charge < -0.3 is 14.4 Å². The number of ether oxygens (including phenoxy) is 2. The minimum absolute atomic E-state index is 0.0661. The van der Waals surface area contributed by atoms with Crippen molar-refractivity contribution in [2.45, 2.75) is 69.4 Å². The van der Waals surface area contributed by atoms with E-state index in [1.165, 1.54) is 6.42 Å². The average Bonchev–Trinajstić information content (AvgIpc) is 3.18. The molecule has 3 atom stereocenters. The number of fused-ring (bicyclic) bond motifs is 1. The predicted octanol–water partition coefficient (Wildman–Crippen LogP) is 3.55. The van der Waals surface area contributed by atoms with E-state index in [-0.39, 0.29) is 30.4 Å². The molecule has 2 saturated heterocycles. The molecular weight excluding hydrogens is 494 g/mol. The largest absolute Gasteiger partial charge is 0.489 e. The number of para-hydroxylation sites is 1. The van der Waals surface area contributed by atoms with Crippen molar-refractivity contribution in [3.05, 3.63) is 58.6 Å². The summed E-state index contributed by atoms with van der Waals surface area (Å²) in [5, 5.41) is 2.98. The molecule has 0 radical (unpaired) electrons. The van der Waals surface area contributed by atoms with E-state index in [9.17, 15) is 14.4 Å². The van der Waals surface area contributed by atoms with Crippen LogP contribution in [0.15, 0.2) is 42.5 Å². The zero-order valence-corrected chi connectivity index (χ0v) is 21.3. The standard InChI is InChI=1S/C28H30ClN3O5/c29-21-5-1-3-7-24(21)37-19-15-31(16-19)22-6-2-4-8-25(22)36-18-9-10-20-17(13-18)14-32(28(20)35)23-11-12-26(33)30-27(23)34/h1,3,5,7,9-10,13,19,22-23,25H,2,4,6,8,11-12,14-16H2,(H,30,33,34)/t22-,23?,25+/m1/s1. The summed E-state index contributed by atoms with van der Waals surface area (Å²) >= 11 is 6.25. The van der Waals surface area contributed by atoms with Gasteiger partial charge in [0.25, 0.3) is 5.91 Å². The van der Waals surface area contributed by atoms with Gasteiger partial charge in [0.15, 0.2) is 0 Å². The van der Waals surface area contributed by atoms with Crippen molar-refractivity contribution in [2.24, 2.45) is 0 Å². The van der Waals surface area contributed by atoms with E-state index in [1.807, 2.05) is 36.4 Å². The van der Waals surface area contributed by atoms with Gasteiger partial charge >= 0.3 is 0 Å². The van der Waals surface area contributed by atoms with Crippen molar-refractivity contribution < 1.29 is 23.9 Å². The van der Waals surface area contributed by atoms with E-state index in [1.54, 1.807) is 11.0 Å². The molecule has 4 aliphatic rings. The van der Waals surface area contributed by atoms with E-state index >= 15 is 0 Å². The number of carbonyl (C=O) groups is 3. The number of piperidine rings is 1. The molecule has 9 heteroatoms. The third kappa shape index (κ3) is 4.80. The van der Waals surface area contributed by atoms with E-state index in [0.717, 1.165) is 49.4 Å². The number of benzene rings is 2. The number of hydrogen-bond donors (Lipinski definition) is 1. The predicted molar refractivity (Wildman–Crippen MR) is 137 cm³/mol. The third-order valence-electron chi connectivity index (χ3n) is 7.93. The summed E-state index contributed by atoms with van der Waals surface area (Å²) in [6, 6.07) is 12.9. The third-order valence-corrected chi connectivity index (χ3v) is 8.24. The van der Waals surface area contributed by atoms with Gasteiger partial charge in [-0.1, -0.05) is 30.2 Å². The summed E-state index contributed by atoms with van der Waals surface area (Å²) in [7, 11) is 0. The van der Waals surface area contributed by atoms with Gasteiger partial charge in [-0.15, -0.1) is 0 Å². The van der Waals surface area contributed by atoms with Crippen LogP contribution in [0.1, 0.15) is 54.4 Å². The van der Waals surface area contributed by atoms with Gasteiger partial charge in [-0.05, 0) is 61.6 Å². The smallest absolute Gasteiger partial charge is 0.255 e. The van der Waals surface area contributed by atoms with Gasteiger partial charge in [0.1, 0.15) is 29.7 Å². The second kappa shape index (κ2) is 9.99. The maximum Gasteiger partial charge on any atom is 0.255 e. The maximum atomic E-state index is 13.0. The van der Waals surface area contributed by atoms with Crippen molar-refractivity contribution in [2.75, 3.05) is 13.1 Å². The molecule has 194 valence electrons. The van der Waals surface area contributed by atoms with E-state index in [0.29, 0.717) is 29.6 Å². The molecule has 3 heterocycles. The Morgan fingerprint density at radius 2 is 1.76 bits per heavy atom. The highest BCUT2D eigenvalue weighted by Gasteiger charge is 2.41. The van der Waals surface area contributed by atoms with Gasteiger partial charge in [-0.3, -0.25) is 24.6 Å². The summed E-state index contributed by atoms with van der Waals surface area (Å²) in [6.45, 7) is 2.03. The van der Waals surface area contributed by atoms with E-state index < -0.39 is 11.9 Å². The Balaban J connectivity index is 1.09. The number of amides is 3. The molecule has 2 aromatic carbocycles. The first-order chi connectivity index (χ1) is 18.0. The summed E-state index contributed by atoms with van der Waals surface area (Å²) in [5.74, 6) is 0.622. The minimum Gasteiger partial charge on any atom is -0.489 e. The Morgan fingerprint density at radius 1 is 0.946 bits per heavy atom. The maximum absolute atomic E-state index is 13.0. The molecule has 1 unspecified atom stereocenters. The second-order valence-corrected chi connectivity index (χ2v) is 10.8. The van der Waals surface area contributed by atoms with Crippen molar-refractivity contribution >= 4 is 29.3 Å². The van der Waals surface area contributed by atoms with Gasteiger partial charge in [0.2, 0.25) is 11.8 Å². The number of nitrogens with one attached hydrogen (secondary N) is 1. The lowest BCUT2D eigenvalue weighted by Crippen LogP contribution is -2.62. The fourth-order valence-electron chi connectivity index (χ4n) is 5.97. The van der Waals surface area contributed by atoms with Crippen molar-refractivity contribution in [1.82, 2.24) is 15.1 Å². The summed E-state index contributed by atoms with van der Waals surface area (Å²) in [6.07, 6.45) is 5.15. The normalized spacial score (nSPS) is 26.5. The Kier molecular flexibility index (Phi) is 6.55. The Hall–Kier alpha value is -3.10. The van der Waals surface area contributed by atoms with Crippen molar-refractivity contribution in [1.29, 1.82) is 0 Å². The lowest BCUT2D eigenvalue weighted by molar-refractivity contribution is -0.136. The van der Waals surface area contributed by atoms with Crippen LogP contribution >= 0.6 is 11.6 Å². The number of likely N-dealkylation sites (tertiary alicyclic amines) is 1. The van der Waals surface area contributed by atoms with Gasteiger partial charge in [-0.25, -0.2) is 0 Å². The fraction of sp³-hybridized carbons (Fsp3) is 0.464. The molecule has 0 aromatic heterocycles. The van der Waals surface area contributed by atoms with Crippen LogP contribution in [0.25, 0.3) is 0 Å². The molecule has 1 saturated carbocycles. The molecular formula is C28H30ClN3O5. The highest BCUT2D eigenvalue weighted by atomic mass is 35.5. The van der Waals surface area contributed by atoms with Crippen LogP contribution < -0.4 is 14.8 Å². The van der Waals surface area contributed by atoms with Crippen LogP contribution in [0.3, 0.4) is 0 Å². The van der Waals surface area contributed by atoms with Gasteiger partial charge in [0.05, 0.1) is 5.02 Å².